The van der Waals surface area contributed by atoms with Crippen molar-refractivity contribution in [3.63, 3.8) is 0 Å². The summed E-state index contributed by atoms with van der Waals surface area (Å²) in [5.41, 5.74) is 2.70. The van der Waals surface area contributed by atoms with Crippen LogP contribution in [0.5, 0.6) is 0 Å². The molecule has 1 heterocycles. The summed E-state index contributed by atoms with van der Waals surface area (Å²) in [6.07, 6.45) is 2.10. The molecular formula is C18H26N2S. The van der Waals surface area contributed by atoms with E-state index in [9.17, 15) is 0 Å². The lowest BCUT2D eigenvalue weighted by Crippen LogP contribution is -2.15. The molecule has 0 spiro atoms. The van der Waals surface area contributed by atoms with Crippen LogP contribution in [0.4, 0.5) is 0 Å². The fraction of sp³-hybridized carbons (Fsp3) is 0.500. The van der Waals surface area contributed by atoms with Crippen LogP contribution in [0, 0.1) is 5.41 Å². The molecule has 0 unspecified atom stereocenters. The van der Waals surface area contributed by atoms with Crippen molar-refractivity contribution in [1.82, 2.24) is 10.3 Å². The van der Waals surface area contributed by atoms with E-state index in [1.165, 1.54) is 21.1 Å². The SMILES string of the molecule is CCNCCc1sc(CC(C)(C)C)nc1-c1ccccc1. The summed E-state index contributed by atoms with van der Waals surface area (Å²) in [5.74, 6) is 0. The highest BCUT2D eigenvalue weighted by molar-refractivity contribution is 7.12. The van der Waals surface area contributed by atoms with E-state index in [1.54, 1.807) is 0 Å². The van der Waals surface area contributed by atoms with Gasteiger partial charge < -0.3 is 5.32 Å². The molecule has 21 heavy (non-hydrogen) atoms. The molecule has 2 rings (SSSR count). The Kier molecular flexibility index (Phi) is 5.54. The molecule has 0 aliphatic rings. The molecule has 1 aromatic heterocycles. The molecule has 1 aromatic carbocycles. The van der Waals surface area contributed by atoms with Gasteiger partial charge in [0.25, 0.3) is 0 Å². The molecule has 0 atom stereocenters. The lowest BCUT2D eigenvalue weighted by molar-refractivity contribution is 0.410. The van der Waals surface area contributed by atoms with Crippen LogP contribution in [0.1, 0.15) is 37.6 Å². The average molecular weight is 302 g/mol. The smallest absolute Gasteiger partial charge is 0.0940 e. The molecule has 0 saturated heterocycles. The summed E-state index contributed by atoms with van der Waals surface area (Å²) in [6, 6.07) is 10.6. The summed E-state index contributed by atoms with van der Waals surface area (Å²) < 4.78 is 0. The van der Waals surface area contributed by atoms with E-state index >= 15 is 0 Å². The molecule has 0 radical (unpaired) electrons. The van der Waals surface area contributed by atoms with Crippen LogP contribution in [0.25, 0.3) is 11.3 Å². The molecule has 3 heteroatoms. The molecule has 0 aliphatic carbocycles. The molecule has 0 bridgehead atoms. The predicted octanol–water partition coefficient (Wildman–Crippen LogP) is 4.55. The highest BCUT2D eigenvalue weighted by atomic mass is 32.1. The Morgan fingerprint density at radius 2 is 1.86 bits per heavy atom. The van der Waals surface area contributed by atoms with Gasteiger partial charge in [0, 0.05) is 23.4 Å². The minimum absolute atomic E-state index is 0.282. The molecule has 2 aromatic rings. The van der Waals surface area contributed by atoms with Gasteiger partial charge in [0.05, 0.1) is 10.7 Å². The number of nitrogens with zero attached hydrogens (tertiary/aromatic N) is 1. The Bertz CT molecular complexity index is 552. The summed E-state index contributed by atoms with van der Waals surface area (Å²) in [6.45, 7) is 11.0. The monoisotopic (exact) mass is 302 g/mol. The van der Waals surface area contributed by atoms with Gasteiger partial charge in [-0.15, -0.1) is 11.3 Å². The Hall–Kier alpha value is -1.19. The third-order valence-corrected chi connectivity index (χ3v) is 4.36. The zero-order valence-electron chi connectivity index (χ0n) is 13.6. The van der Waals surface area contributed by atoms with Gasteiger partial charge in [0.15, 0.2) is 0 Å². The normalized spacial score (nSPS) is 11.8. The Balaban J connectivity index is 2.27. The fourth-order valence-corrected chi connectivity index (χ4v) is 3.69. The standard InChI is InChI=1S/C18H26N2S/c1-5-19-12-11-15-17(14-9-7-6-8-10-14)20-16(21-15)13-18(2,3)4/h6-10,19H,5,11-13H2,1-4H3. The number of hydrogen-bond donors (Lipinski definition) is 1. The predicted molar refractivity (Wildman–Crippen MR) is 93.0 cm³/mol. The Morgan fingerprint density at radius 3 is 2.48 bits per heavy atom. The number of benzene rings is 1. The van der Waals surface area contributed by atoms with Gasteiger partial charge in [-0.1, -0.05) is 58.0 Å². The summed E-state index contributed by atoms with van der Waals surface area (Å²) >= 11 is 1.88. The summed E-state index contributed by atoms with van der Waals surface area (Å²) in [5, 5.41) is 4.67. The number of likely N-dealkylation sites (N-methyl/N-ethyl adjacent to an activating group) is 1. The Morgan fingerprint density at radius 1 is 1.14 bits per heavy atom. The highest BCUT2D eigenvalue weighted by Gasteiger charge is 2.18. The van der Waals surface area contributed by atoms with Crippen molar-refractivity contribution < 1.29 is 0 Å². The first kappa shape index (κ1) is 16.2. The van der Waals surface area contributed by atoms with Gasteiger partial charge in [-0.05, 0) is 18.4 Å². The molecular weight excluding hydrogens is 276 g/mol. The first-order valence-electron chi connectivity index (χ1n) is 7.74. The lowest BCUT2D eigenvalue weighted by atomic mass is 9.93. The molecule has 0 amide bonds. The average Bonchev–Trinajstić information content (AvgIpc) is 2.81. The second kappa shape index (κ2) is 7.19. The molecule has 0 aliphatic heterocycles. The maximum Gasteiger partial charge on any atom is 0.0940 e. The van der Waals surface area contributed by atoms with Gasteiger partial charge in [0.1, 0.15) is 0 Å². The largest absolute Gasteiger partial charge is 0.317 e. The number of aromatic nitrogens is 1. The van der Waals surface area contributed by atoms with E-state index in [-0.39, 0.29) is 5.41 Å². The van der Waals surface area contributed by atoms with Crippen LogP contribution in [-0.4, -0.2) is 18.1 Å². The van der Waals surface area contributed by atoms with Crippen molar-refractivity contribution in [2.24, 2.45) is 5.41 Å². The highest BCUT2D eigenvalue weighted by Crippen LogP contribution is 2.32. The minimum atomic E-state index is 0.282. The van der Waals surface area contributed by atoms with E-state index in [0.29, 0.717) is 0 Å². The molecule has 1 N–H and O–H groups in total. The zero-order valence-corrected chi connectivity index (χ0v) is 14.4. The number of nitrogens with one attached hydrogen (secondary N) is 1. The molecule has 0 fully saturated rings. The van der Waals surface area contributed by atoms with Gasteiger partial charge in [-0.25, -0.2) is 4.98 Å². The van der Waals surface area contributed by atoms with Crippen molar-refractivity contribution in [2.45, 2.75) is 40.5 Å². The third-order valence-electron chi connectivity index (χ3n) is 3.25. The van der Waals surface area contributed by atoms with Crippen molar-refractivity contribution in [1.29, 1.82) is 0 Å². The van der Waals surface area contributed by atoms with Gasteiger partial charge in [0.2, 0.25) is 0 Å². The van der Waals surface area contributed by atoms with E-state index < -0.39 is 0 Å². The zero-order chi connectivity index (χ0) is 15.3. The minimum Gasteiger partial charge on any atom is -0.317 e. The van der Waals surface area contributed by atoms with Crippen LogP contribution < -0.4 is 5.32 Å². The number of thiazole rings is 1. The van der Waals surface area contributed by atoms with Crippen LogP contribution in [-0.2, 0) is 12.8 Å². The quantitative estimate of drug-likeness (QED) is 0.792. The number of hydrogen-bond acceptors (Lipinski definition) is 3. The van der Waals surface area contributed by atoms with Crippen LogP contribution >= 0.6 is 11.3 Å². The maximum atomic E-state index is 4.94. The van der Waals surface area contributed by atoms with Crippen LogP contribution in [0.2, 0.25) is 0 Å². The topological polar surface area (TPSA) is 24.9 Å². The Labute approximate surface area is 132 Å². The summed E-state index contributed by atoms with van der Waals surface area (Å²) in [7, 11) is 0. The van der Waals surface area contributed by atoms with Crippen molar-refractivity contribution in [3.8, 4) is 11.3 Å². The van der Waals surface area contributed by atoms with Crippen molar-refractivity contribution in [2.75, 3.05) is 13.1 Å². The van der Waals surface area contributed by atoms with E-state index in [0.717, 1.165) is 25.9 Å². The van der Waals surface area contributed by atoms with Crippen molar-refractivity contribution in [3.05, 3.63) is 40.2 Å². The third kappa shape index (κ3) is 4.94. The van der Waals surface area contributed by atoms with Gasteiger partial charge >= 0.3 is 0 Å². The van der Waals surface area contributed by atoms with Crippen LogP contribution in [0.3, 0.4) is 0 Å². The second-order valence-corrected chi connectivity index (χ2v) is 7.75. The molecule has 0 saturated carbocycles. The lowest BCUT2D eigenvalue weighted by Gasteiger charge is -2.15. The fourth-order valence-electron chi connectivity index (χ4n) is 2.30. The number of rotatable bonds is 6. The van der Waals surface area contributed by atoms with E-state index in [4.69, 9.17) is 4.98 Å². The summed E-state index contributed by atoms with van der Waals surface area (Å²) in [4.78, 5) is 6.34. The van der Waals surface area contributed by atoms with Crippen LogP contribution in [0.15, 0.2) is 30.3 Å². The second-order valence-electron chi connectivity index (χ2n) is 6.59. The van der Waals surface area contributed by atoms with Gasteiger partial charge in [-0.3, -0.25) is 0 Å². The molecule has 114 valence electrons. The first-order valence-corrected chi connectivity index (χ1v) is 8.56. The maximum absolute atomic E-state index is 4.94. The van der Waals surface area contributed by atoms with Gasteiger partial charge in [-0.2, -0.15) is 0 Å². The van der Waals surface area contributed by atoms with E-state index in [1.807, 2.05) is 11.3 Å². The molecule has 2 nitrogen and oxygen atoms in total. The van der Waals surface area contributed by atoms with E-state index in [2.05, 4.69) is 63.3 Å². The van der Waals surface area contributed by atoms with Crippen molar-refractivity contribution >= 4 is 11.3 Å². The first-order chi connectivity index (χ1) is 9.99.